The van der Waals surface area contributed by atoms with Crippen molar-refractivity contribution in [1.29, 1.82) is 0 Å². The SMILES string of the molecule is c1ccc(-c2ccc3ccc4ccc(-c5ccc(-c6ccc(-c7c8ccccc8cc8ccccc78)cc6)cc5)nc4c3n2)cc1. The van der Waals surface area contributed by atoms with Crippen molar-refractivity contribution in [2.24, 2.45) is 0 Å². The zero-order valence-electron chi connectivity index (χ0n) is 25.1. The highest BCUT2D eigenvalue weighted by molar-refractivity contribution is 6.12. The fraction of sp³-hybridized carbons (Fsp3) is 0. The minimum absolute atomic E-state index is 0.924. The molecule has 0 saturated heterocycles. The third-order valence-electron chi connectivity index (χ3n) is 9.05. The van der Waals surface area contributed by atoms with Gasteiger partial charge in [0.25, 0.3) is 0 Å². The summed E-state index contributed by atoms with van der Waals surface area (Å²) in [7, 11) is 0. The van der Waals surface area contributed by atoms with Crippen LogP contribution in [0.25, 0.3) is 88.1 Å². The Labute approximate surface area is 267 Å². The van der Waals surface area contributed by atoms with Crippen molar-refractivity contribution in [2.45, 2.75) is 0 Å². The second-order valence-corrected chi connectivity index (χ2v) is 11.8. The van der Waals surface area contributed by atoms with E-state index in [1.807, 2.05) is 18.2 Å². The van der Waals surface area contributed by atoms with Crippen molar-refractivity contribution in [1.82, 2.24) is 9.97 Å². The van der Waals surface area contributed by atoms with Crippen LogP contribution in [-0.2, 0) is 0 Å². The Morgan fingerprint density at radius 2 is 0.696 bits per heavy atom. The van der Waals surface area contributed by atoms with Gasteiger partial charge in [-0.2, -0.15) is 0 Å². The van der Waals surface area contributed by atoms with Gasteiger partial charge in [0.2, 0.25) is 0 Å². The first-order valence-corrected chi connectivity index (χ1v) is 15.7. The molecule has 214 valence electrons. The zero-order chi connectivity index (χ0) is 30.5. The van der Waals surface area contributed by atoms with Gasteiger partial charge in [-0.1, -0.05) is 152 Å². The van der Waals surface area contributed by atoms with Crippen LogP contribution in [0, 0.1) is 0 Å². The maximum Gasteiger partial charge on any atom is 0.0972 e. The molecule has 0 radical (unpaired) electrons. The summed E-state index contributed by atoms with van der Waals surface area (Å²) in [5.41, 5.74) is 10.8. The number of aromatic nitrogens is 2. The largest absolute Gasteiger partial charge is 0.245 e. The summed E-state index contributed by atoms with van der Waals surface area (Å²) in [6.45, 7) is 0. The Balaban J connectivity index is 1.06. The average molecular weight is 585 g/mol. The van der Waals surface area contributed by atoms with E-state index in [1.54, 1.807) is 0 Å². The molecule has 0 aliphatic carbocycles. The Bertz CT molecular complexity index is 2500. The second kappa shape index (κ2) is 10.8. The number of hydrogen-bond donors (Lipinski definition) is 0. The molecule has 0 unspecified atom stereocenters. The molecule has 0 saturated carbocycles. The first-order valence-electron chi connectivity index (χ1n) is 15.7. The van der Waals surface area contributed by atoms with Gasteiger partial charge in [0.1, 0.15) is 0 Å². The Kier molecular flexibility index (Phi) is 6.17. The molecule has 2 heterocycles. The Hall–Kier alpha value is -6.12. The molecule has 0 fully saturated rings. The molecule has 0 N–H and O–H groups in total. The van der Waals surface area contributed by atoms with Crippen molar-refractivity contribution in [2.75, 3.05) is 0 Å². The van der Waals surface area contributed by atoms with Crippen molar-refractivity contribution in [3.63, 3.8) is 0 Å². The highest BCUT2D eigenvalue weighted by Gasteiger charge is 2.12. The van der Waals surface area contributed by atoms with Gasteiger partial charge < -0.3 is 0 Å². The molecular formula is C44H28N2. The molecule has 0 aliphatic heterocycles. The lowest BCUT2D eigenvalue weighted by atomic mass is 9.91. The van der Waals surface area contributed by atoms with Gasteiger partial charge in [-0.15, -0.1) is 0 Å². The molecule has 0 spiro atoms. The van der Waals surface area contributed by atoms with E-state index in [2.05, 4.69) is 152 Å². The molecule has 9 aromatic rings. The normalized spacial score (nSPS) is 11.5. The molecule has 46 heavy (non-hydrogen) atoms. The molecule has 0 aliphatic rings. The lowest BCUT2D eigenvalue weighted by Gasteiger charge is -2.13. The van der Waals surface area contributed by atoms with E-state index in [0.717, 1.165) is 44.3 Å². The number of rotatable bonds is 4. The lowest BCUT2D eigenvalue weighted by molar-refractivity contribution is 1.36. The summed E-state index contributed by atoms with van der Waals surface area (Å²) in [5.74, 6) is 0. The average Bonchev–Trinajstić information content (AvgIpc) is 3.14. The quantitative estimate of drug-likeness (QED) is 0.152. The predicted molar refractivity (Wildman–Crippen MR) is 194 cm³/mol. The molecule has 0 bridgehead atoms. The number of fused-ring (bicyclic) bond motifs is 5. The molecule has 0 atom stereocenters. The highest BCUT2D eigenvalue weighted by Crippen LogP contribution is 2.37. The summed E-state index contributed by atoms with van der Waals surface area (Å²) in [6.07, 6.45) is 0. The number of nitrogens with zero attached hydrogens (tertiary/aromatic N) is 2. The fourth-order valence-corrected chi connectivity index (χ4v) is 6.69. The zero-order valence-corrected chi connectivity index (χ0v) is 25.1. The number of hydrogen-bond acceptors (Lipinski definition) is 2. The second-order valence-electron chi connectivity index (χ2n) is 11.8. The van der Waals surface area contributed by atoms with E-state index < -0.39 is 0 Å². The minimum atomic E-state index is 0.924. The van der Waals surface area contributed by atoms with Crippen LogP contribution in [0.15, 0.2) is 170 Å². The topological polar surface area (TPSA) is 25.8 Å². The molecule has 2 aromatic heterocycles. The Morgan fingerprint density at radius 3 is 1.24 bits per heavy atom. The Morgan fingerprint density at radius 1 is 0.283 bits per heavy atom. The standard InChI is InChI=1S/C44H28N2/c1-2-8-31(9-3-1)40-26-24-34-22-23-35-25-27-41(46-44(35)43(34)45-40)32-18-14-29(15-19-32)30-16-20-33(21-17-30)42-38-12-6-4-10-36(38)28-37-11-5-7-13-39(37)42/h1-28H. The van der Waals surface area contributed by atoms with Crippen molar-refractivity contribution < 1.29 is 0 Å². The summed E-state index contributed by atoms with van der Waals surface area (Å²) >= 11 is 0. The molecular weight excluding hydrogens is 556 g/mol. The summed E-state index contributed by atoms with van der Waals surface area (Å²) < 4.78 is 0. The summed E-state index contributed by atoms with van der Waals surface area (Å²) in [5, 5.41) is 7.26. The van der Waals surface area contributed by atoms with Crippen LogP contribution < -0.4 is 0 Å². The molecule has 0 amide bonds. The van der Waals surface area contributed by atoms with Crippen molar-refractivity contribution in [3.8, 4) is 44.8 Å². The van der Waals surface area contributed by atoms with E-state index in [4.69, 9.17) is 9.97 Å². The number of benzene rings is 7. The van der Waals surface area contributed by atoms with Crippen LogP contribution in [0.4, 0.5) is 0 Å². The van der Waals surface area contributed by atoms with Crippen LogP contribution in [0.1, 0.15) is 0 Å². The molecule has 2 heteroatoms. The van der Waals surface area contributed by atoms with Crippen molar-refractivity contribution >= 4 is 43.4 Å². The van der Waals surface area contributed by atoms with Gasteiger partial charge in [-0.25, -0.2) is 9.97 Å². The maximum absolute atomic E-state index is 5.14. The maximum atomic E-state index is 5.14. The first-order chi connectivity index (χ1) is 22.8. The van der Waals surface area contributed by atoms with Crippen molar-refractivity contribution in [3.05, 3.63) is 170 Å². The van der Waals surface area contributed by atoms with Gasteiger partial charge >= 0.3 is 0 Å². The fourth-order valence-electron chi connectivity index (χ4n) is 6.69. The van der Waals surface area contributed by atoms with Crippen LogP contribution in [0.3, 0.4) is 0 Å². The third-order valence-corrected chi connectivity index (χ3v) is 9.05. The van der Waals surface area contributed by atoms with E-state index in [-0.39, 0.29) is 0 Å². The molecule has 2 nitrogen and oxygen atoms in total. The van der Waals surface area contributed by atoms with Gasteiger partial charge in [0.05, 0.1) is 22.4 Å². The van der Waals surface area contributed by atoms with Gasteiger partial charge in [0, 0.05) is 21.9 Å². The van der Waals surface area contributed by atoms with Gasteiger partial charge in [-0.3, -0.25) is 0 Å². The predicted octanol–water partition coefficient (Wildman–Crippen LogP) is 11.8. The summed E-state index contributed by atoms with van der Waals surface area (Å²) in [6, 6.07) is 60.4. The van der Waals surface area contributed by atoms with E-state index in [9.17, 15) is 0 Å². The van der Waals surface area contributed by atoms with Crippen LogP contribution >= 0.6 is 0 Å². The van der Waals surface area contributed by atoms with E-state index in [0.29, 0.717) is 0 Å². The lowest BCUT2D eigenvalue weighted by Crippen LogP contribution is -1.91. The molecule has 9 rings (SSSR count). The third kappa shape index (κ3) is 4.51. The first kappa shape index (κ1) is 26.3. The smallest absolute Gasteiger partial charge is 0.0972 e. The van der Waals surface area contributed by atoms with Crippen LogP contribution in [0.2, 0.25) is 0 Å². The van der Waals surface area contributed by atoms with E-state index in [1.165, 1.54) is 43.8 Å². The highest BCUT2D eigenvalue weighted by atomic mass is 14.8. The van der Waals surface area contributed by atoms with Crippen LogP contribution in [0.5, 0.6) is 0 Å². The van der Waals surface area contributed by atoms with Gasteiger partial charge in [-0.05, 0) is 62.0 Å². The number of pyridine rings is 2. The minimum Gasteiger partial charge on any atom is -0.245 e. The molecule has 7 aromatic carbocycles. The van der Waals surface area contributed by atoms with Gasteiger partial charge in [0.15, 0.2) is 0 Å². The van der Waals surface area contributed by atoms with Crippen LogP contribution in [-0.4, -0.2) is 9.97 Å². The summed E-state index contributed by atoms with van der Waals surface area (Å²) in [4.78, 5) is 10.2. The van der Waals surface area contributed by atoms with E-state index >= 15 is 0 Å². The monoisotopic (exact) mass is 584 g/mol.